The molecule has 0 atom stereocenters. The number of amides is 1. The first kappa shape index (κ1) is 13.8. The number of carboxylic acid groups (broad SMARTS) is 1. The lowest BCUT2D eigenvalue weighted by Crippen LogP contribution is -2.21. The maximum atomic E-state index is 12.0. The van der Waals surface area contributed by atoms with Crippen LogP contribution in [0.25, 0.3) is 11.0 Å². The van der Waals surface area contributed by atoms with Crippen molar-refractivity contribution in [2.75, 3.05) is 5.32 Å². The van der Waals surface area contributed by atoms with Gasteiger partial charge in [0.15, 0.2) is 0 Å². The van der Waals surface area contributed by atoms with Gasteiger partial charge >= 0.3 is 5.97 Å². The molecule has 0 saturated heterocycles. The molecule has 0 unspecified atom stereocenters. The number of aromatic carboxylic acids is 1. The molecule has 3 aromatic rings. The molecule has 0 spiro atoms. The Hall–Kier alpha value is -3.16. The molecular weight excluding hydrogens is 286 g/mol. The molecule has 0 bridgehead atoms. The van der Waals surface area contributed by atoms with E-state index in [-0.39, 0.29) is 18.0 Å². The van der Waals surface area contributed by atoms with Gasteiger partial charge in [0.2, 0.25) is 11.9 Å². The van der Waals surface area contributed by atoms with Crippen LogP contribution in [0.4, 0.5) is 5.95 Å². The zero-order chi connectivity index (χ0) is 15.7. The van der Waals surface area contributed by atoms with Crippen molar-refractivity contribution in [1.29, 1.82) is 0 Å². The summed E-state index contributed by atoms with van der Waals surface area (Å²) in [5.41, 5.74) is 1.73. The van der Waals surface area contributed by atoms with E-state index in [4.69, 9.17) is 5.11 Å². The van der Waals surface area contributed by atoms with Gasteiger partial charge in [0.05, 0.1) is 22.8 Å². The van der Waals surface area contributed by atoms with E-state index in [1.54, 1.807) is 11.6 Å². The van der Waals surface area contributed by atoms with E-state index >= 15 is 0 Å². The molecule has 112 valence electrons. The number of para-hydroxylation sites is 2. The predicted octanol–water partition coefficient (Wildman–Crippen LogP) is 1.11. The number of imidazole rings is 1. The fraction of sp³-hybridized carbons (Fsp3) is 0.143. The molecule has 3 rings (SSSR count). The van der Waals surface area contributed by atoms with Gasteiger partial charge in [-0.05, 0) is 12.1 Å². The van der Waals surface area contributed by atoms with Crippen LogP contribution in [0.3, 0.4) is 0 Å². The summed E-state index contributed by atoms with van der Waals surface area (Å²) in [5, 5.41) is 15.3. The summed E-state index contributed by atoms with van der Waals surface area (Å²) >= 11 is 0. The van der Waals surface area contributed by atoms with Crippen LogP contribution < -0.4 is 5.32 Å². The number of fused-ring (bicyclic) bond motifs is 1. The van der Waals surface area contributed by atoms with Gasteiger partial charge in [-0.2, -0.15) is 5.10 Å². The van der Waals surface area contributed by atoms with E-state index in [9.17, 15) is 9.59 Å². The van der Waals surface area contributed by atoms with Crippen LogP contribution >= 0.6 is 0 Å². The number of hydrogen-bond acceptors (Lipinski definition) is 4. The van der Waals surface area contributed by atoms with E-state index in [1.807, 2.05) is 24.3 Å². The van der Waals surface area contributed by atoms with Gasteiger partial charge in [-0.1, -0.05) is 12.1 Å². The highest BCUT2D eigenvalue weighted by molar-refractivity contribution is 5.91. The van der Waals surface area contributed by atoms with Gasteiger partial charge in [-0.15, -0.1) is 0 Å². The fourth-order valence-electron chi connectivity index (χ4n) is 2.13. The minimum absolute atomic E-state index is 0.0375. The first-order chi connectivity index (χ1) is 10.5. The Morgan fingerprint density at radius 3 is 2.77 bits per heavy atom. The van der Waals surface area contributed by atoms with Crippen molar-refractivity contribution in [3.8, 4) is 0 Å². The minimum Gasteiger partial charge on any atom is -0.478 e. The Balaban J connectivity index is 1.75. The number of anilines is 1. The molecule has 0 aliphatic rings. The molecule has 0 fully saturated rings. The molecule has 1 amide bonds. The molecular formula is C14H13N5O3. The SMILES string of the molecule is Cn1c(NC(=O)Cn2cc(C(=O)O)cn2)nc2ccccc21. The largest absolute Gasteiger partial charge is 0.478 e. The molecule has 2 heterocycles. The number of nitrogens with one attached hydrogen (secondary N) is 1. The van der Waals surface area contributed by atoms with Gasteiger partial charge in [-0.3, -0.25) is 14.8 Å². The van der Waals surface area contributed by atoms with E-state index in [1.165, 1.54) is 17.1 Å². The van der Waals surface area contributed by atoms with Crippen molar-refractivity contribution in [3.05, 3.63) is 42.2 Å². The van der Waals surface area contributed by atoms with Gasteiger partial charge in [0.1, 0.15) is 6.54 Å². The first-order valence-electron chi connectivity index (χ1n) is 6.51. The lowest BCUT2D eigenvalue weighted by Gasteiger charge is -2.05. The number of carbonyl (C=O) groups is 2. The zero-order valence-electron chi connectivity index (χ0n) is 11.7. The van der Waals surface area contributed by atoms with E-state index in [0.29, 0.717) is 5.95 Å². The predicted molar refractivity (Wildman–Crippen MR) is 78.5 cm³/mol. The summed E-state index contributed by atoms with van der Waals surface area (Å²) in [5.74, 6) is -0.989. The third-order valence-electron chi connectivity index (χ3n) is 3.22. The van der Waals surface area contributed by atoms with E-state index in [0.717, 1.165) is 11.0 Å². The maximum absolute atomic E-state index is 12.0. The first-order valence-corrected chi connectivity index (χ1v) is 6.51. The minimum atomic E-state index is -1.08. The summed E-state index contributed by atoms with van der Waals surface area (Å²) in [7, 11) is 1.81. The smallest absolute Gasteiger partial charge is 0.338 e. The lowest BCUT2D eigenvalue weighted by molar-refractivity contribution is -0.117. The quantitative estimate of drug-likeness (QED) is 0.751. The van der Waals surface area contributed by atoms with Crippen LogP contribution in [0.2, 0.25) is 0 Å². The average molecular weight is 299 g/mol. The van der Waals surface area contributed by atoms with Crippen molar-refractivity contribution in [2.24, 2.45) is 7.05 Å². The second kappa shape index (κ2) is 5.32. The van der Waals surface area contributed by atoms with Crippen LogP contribution in [0, 0.1) is 0 Å². The molecule has 22 heavy (non-hydrogen) atoms. The third kappa shape index (κ3) is 2.53. The zero-order valence-corrected chi connectivity index (χ0v) is 11.7. The van der Waals surface area contributed by atoms with Crippen LogP contribution in [0.1, 0.15) is 10.4 Å². The Kier molecular flexibility index (Phi) is 3.34. The summed E-state index contributed by atoms with van der Waals surface area (Å²) in [6.45, 7) is -0.0868. The van der Waals surface area contributed by atoms with Crippen LogP contribution in [-0.2, 0) is 18.4 Å². The molecule has 0 aliphatic carbocycles. The highest BCUT2D eigenvalue weighted by atomic mass is 16.4. The van der Waals surface area contributed by atoms with Crippen LogP contribution in [0.5, 0.6) is 0 Å². The van der Waals surface area contributed by atoms with Crippen molar-refractivity contribution < 1.29 is 14.7 Å². The van der Waals surface area contributed by atoms with E-state index < -0.39 is 5.97 Å². The maximum Gasteiger partial charge on any atom is 0.338 e. The molecule has 0 radical (unpaired) electrons. The number of aryl methyl sites for hydroxylation is 1. The number of carbonyl (C=O) groups excluding carboxylic acids is 1. The fourth-order valence-corrected chi connectivity index (χ4v) is 2.13. The van der Waals surface area contributed by atoms with Crippen molar-refractivity contribution >= 4 is 28.9 Å². The molecule has 0 aliphatic heterocycles. The second-order valence-electron chi connectivity index (χ2n) is 4.76. The summed E-state index contributed by atoms with van der Waals surface area (Å²) < 4.78 is 3.04. The highest BCUT2D eigenvalue weighted by Crippen LogP contribution is 2.17. The second-order valence-corrected chi connectivity index (χ2v) is 4.76. The van der Waals surface area contributed by atoms with Gasteiger partial charge in [0.25, 0.3) is 0 Å². The molecule has 2 N–H and O–H groups in total. The molecule has 0 saturated carbocycles. The molecule has 1 aromatic carbocycles. The third-order valence-corrected chi connectivity index (χ3v) is 3.22. The summed E-state index contributed by atoms with van der Waals surface area (Å²) in [6, 6.07) is 7.53. The van der Waals surface area contributed by atoms with E-state index in [2.05, 4.69) is 15.4 Å². The Labute approximate surface area is 125 Å². The monoisotopic (exact) mass is 299 g/mol. The van der Waals surface area contributed by atoms with Gasteiger partial charge in [0, 0.05) is 13.2 Å². The molecule has 8 heteroatoms. The Morgan fingerprint density at radius 2 is 2.09 bits per heavy atom. The summed E-state index contributed by atoms with van der Waals surface area (Å²) in [4.78, 5) is 27.1. The standard InChI is InChI=1S/C14H13N5O3/c1-18-11-5-3-2-4-10(11)16-14(18)17-12(20)8-19-7-9(6-15-19)13(21)22/h2-7H,8H2,1H3,(H,21,22)(H,16,17,20). The number of rotatable bonds is 4. The lowest BCUT2D eigenvalue weighted by atomic mass is 10.3. The van der Waals surface area contributed by atoms with Crippen LogP contribution in [-0.4, -0.2) is 36.3 Å². The number of nitrogens with zero attached hydrogens (tertiary/aromatic N) is 4. The number of carboxylic acids is 1. The van der Waals surface area contributed by atoms with Gasteiger partial charge in [-0.25, -0.2) is 9.78 Å². The topological polar surface area (TPSA) is 102 Å². The Morgan fingerprint density at radius 1 is 1.32 bits per heavy atom. The highest BCUT2D eigenvalue weighted by Gasteiger charge is 2.12. The van der Waals surface area contributed by atoms with Crippen molar-refractivity contribution in [3.63, 3.8) is 0 Å². The van der Waals surface area contributed by atoms with Crippen molar-refractivity contribution in [1.82, 2.24) is 19.3 Å². The number of aromatic nitrogens is 4. The summed E-state index contributed by atoms with van der Waals surface area (Å²) in [6.07, 6.45) is 2.50. The molecule has 8 nitrogen and oxygen atoms in total. The Bertz CT molecular complexity index is 864. The number of hydrogen-bond donors (Lipinski definition) is 2. The normalized spacial score (nSPS) is 10.8. The molecule has 2 aromatic heterocycles. The van der Waals surface area contributed by atoms with Gasteiger partial charge < -0.3 is 9.67 Å². The number of benzene rings is 1. The average Bonchev–Trinajstić information content (AvgIpc) is 3.06. The van der Waals surface area contributed by atoms with Crippen LogP contribution in [0.15, 0.2) is 36.7 Å². The van der Waals surface area contributed by atoms with Crippen molar-refractivity contribution in [2.45, 2.75) is 6.54 Å².